The van der Waals surface area contributed by atoms with Crippen LogP contribution in [0, 0.1) is 19.8 Å². The van der Waals surface area contributed by atoms with E-state index in [2.05, 4.69) is 31.2 Å². The summed E-state index contributed by atoms with van der Waals surface area (Å²) in [5.41, 5.74) is 4.48. The van der Waals surface area contributed by atoms with Crippen molar-refractivity contribution >= 4 is 17.5 Å². The van der Waals surface area contributed by atoms with E-state index in [1.54, 1.807) is 23.1 Å². The van der Waals surface area contributed by atoms with E-state index in [1.165, 1.54) is 0 Å². The van der Waals surface area contributed by atoms with Crippen molar-refractivity contribution in [1.82, 2.24) is 14.7 Å². The van der Waals surface area contributed by atoms with Crippen LogP contribution in [-0.4, -0.2) is 52.8 Å². The summed E-state index contributed by atoms with van der Waals surface area (Å²) in [6.07, 6.45) is 1.02. The Labute approximate surface area is 178 Å². The number of nitrogens with zero attached hydrogens (tertiary/aromatic N) is 3. The van der Waals surface area contributed by atoms with Crippen molar-refractivity contribution < 1.29 is 14.3 Å². The number of carbonyl (C=O) groups is 2. The fourth-order valence-corrected chi connectivity index (χ4v) is 3.76. The van der Waals surface area contributed by atoms with Crippen molar-refractivity contribution in [1.29, 1.82) is 0 Å². The summed E-state index contributed by atoms with van der Waals surface area (Å²) in [6.45, 7) is 11.6. The number of carbonyl (C=O) groups excluding carboxylic acids is 2. The first-order chi connectivity index (χ1) is 14.3. The lowest BCUT2D eigenvalue weighted by molar-refractivity contribution is -0.116. The number of amides is 2. The van der Waals surface area contributed by atoms with Gasteiger partial charge in [-0.25, -0.2) is 0 Å². The van der Waals surface area contributed by atoms with Crippen LogP contribution in [0.3, 0.4) is 0 Å². The molecule has 0 aliphatic carbocycles. The Hall–Kier alpha value is -2.67. The largest absolute Gasteiger partial charge is 0.378 e. The van der Waals surface area contributed by atoms with Crippen molar-refractivity contribution in [2.24, 2.45) is 5.92 Å². The molecule has 2 heterocycles. The van der Waals surface area contributed by atoms with Crippen LogP contribution in [-0.2, 0) is 22.5 Å². The summed E-state index contributed by atoms with van der Waals surface area (Å²) < 4.78 is 7.34. The van der Waals surface area contributed by atoms with Gasteiger partial charge in [-0.3, -0.25) is 14.3 Å². The summed E-state index contributed by atoms with van der Waals surface area (Å²) in [5, 5.41) is 7.55. The van der Waals surface area contributed by atoms with Crippen molar-refractivity contribution in [2.45, 2.75) is 47.1 Å². The number of anilines is 1. The molecule has 30 heavy (non-hydrogen) atoms. The van der Waals surface area contributed by atoms with Gasteiger partial charge in [0.05, 0.1) is 18.9 Å². The molecule has 0 saturated carbocycles. The second kappa shape index (κ2) is 9.89. The third-order valence-corrected chi connectivity index (χ3v) is 5.36. The smallest absolute Gasteiger partial charge is 0.254 e. The molecule has 0 unspecified atom stereocenters. The lowest BCUT2D eigenvalue weighted by Crippen LogP contribution is -2.40. The van der Waals surface area contributed by atoms with Gasteiger partial charge in [-0.2, -0.15) is 5.10 Å². The van der Waals surface area contributed by atoms with Crippen LogP contribution in [0.15, 0.2) is 24.3 Å². The third-order valence-electron chi connectivity index (χ3n) is 5.36. The second-order valence-corrected chi connectivity index (χ2v) is 8.26. The quantitative estimate of drug-likeness (QED) is 0.758. The Morgan fingerprint density at radius 2 is 1.93 bits per heavy atom. The number of hydrogen-bond donors (Lipinski definition) is 1. The van der Waals surface area contributed by atoms with Crippen LogP contribution >= 0.6 is 0 Å². The lowest BCUT2D eigenvalue weighted by atomic mass is 10.1. The van der Waals surface area contributed by atoms with Crippen LogP contribution in [0.4, 0.5) is 5.69 Å². The maximum Gasteiger partial charge on any atom is 0.254 e. The number of aryl methyl sites for hydroxylation is 1. The summed E-state index contributed by atoms with van der Waals surface area (Å²) >= 11 is 0. The fraction of sp³-hybridized carbons (Fsp3) is 0.522. The molecule has 0 atom stereocenters. The standard InChI is InChI=1S/C23H32N4O3/c1-16(2)15-27-18(4)21(17(3)25-27)8-9-22(28)24-20-7-5-6-19(14-20)23(29)26-10-12-30-13-11-26/h5-7,14,16H,8-13,15H2,1-4H3,(H,24,28). The van der Waals surface area contributed by atoms with E-state index in [0.29, 0.717) is 56.3 Å². The van der Waals surface area contributed by atoms with E-state index in [-0.39, 0.29) is 11.8 Å². The zero-order valence-corrected chi connectivity index (χ0v) is 18.4. The van der Waals surface area contributed by atoms with Gasteiger partial charge in [-0.1, -0.05) is 19.9 Å². The number of nitrogens with one attached hydrogen (secondary N) is 1. The van der Waals surface area contributed by atoms with Crippen LogP contribution in [0.1, 0.15) is 47.6 Å². The first kappa shape index (κ1) is 22.0. The molecular weight excluding hydrogens is 380 g/mol. The number of ether oxygens (including phenoxy) is 1. The number of hydrogen-bond acceptors (Lipinski definition) is 4. The van der Waals surface area contributed by atoms with Gasteiger partial charge in [0.25, 0.3) is 5.91 Å². The Morgan fingerprint density at radius 1 is 1.20 bits per heavy atom. The average molecular weight is 413 g/mol. The predicted octanol–water partition coefficient (Wildman–Crippen LogP) is 3.20. The lowest BCUT2D eigenvalue weighted by Gasteiger charge is -2.27. The Kier molecular flexibility index (Phi) is 7.26. The molecular formula is C23H32N4O3. The molecule has 1 aromatic carbocycles. The monoisotopic (exact) mass is 412 g/mol. The highest BCUT2D eigenvalue weighted by Gasteiger charge is 2.19. The van der Waals surface area contributed by atoms with Gasteiger partial charge >= 0.3 is 0 Å². The van der Waals surface area contributed by atoms with Crippen LogP contribution < -0.4 is 5.32 Å². The van der Waals surface area contributed by atoms with Gasteiger partial charge in [0, 0.05) is 43.0 Å². The normalized spacial score (nSPS) is 14.2. The molecule has 2 aromatic rings. The zero-order valence-electron chi connectivity index (χ0n) is 18.4. The summed E-state index contributed by atoms with van der Waals surface area (Å²) in [6, 6.07) is 7.13. The second-order valence-electron chi connectivity index (χ2n) is 8.26. The molecule has 0 spiro atoms. The number of rotatable bonds is 7. The van der Waals surface area contributed by atoms with E-state index in [1.807, 2.05) is 17.7 Å². The van der Waals surface area contributed by atoms with E-state index in [4.69, 9.17) is 4.74 Å². The SMILES string of the molecule is Cc1nn(CC(C)C)c(C)c1CCC(=O)Nc1cccc(C(=O)N2CCOCC2)c1. The Morgan fingerprint density at radius 3 is 2.63 bits per heavy atom. The molecule has 7 heteroatoms. The highest BCUT2D eigenvalue weighted by atomic mass is 16.5. The van der Waals surface area contributed by atoms with Gasteiger partial charge in [0.1, 0.15) is 0 Å². The highest BCUT2D eigenvalue weighted by molar-refractivity contribution is 5.97. The van der Waals surface area contributed by atoms with E-state index in [0.717, 1.165) is 23.5 Å². The van der Waals surface area contributed by atoms with Crippen molar-refractivity contribution in [2.75, 3.05) is 31.6 Å². The summed E-state index contributed by atoms with van der Waals surface area (Å²) in [4.78, 5) is 27.0. The first-order valence-corrected chi connectivity index (χ1v) is 10.6. The van der Waals surface area contributed by atoms with Gasteiger partial charge in [-0.15, -0.1) is 0 Å². The van der Waals surface area contributed by atoms with Gasteiger partial charge in [-0.05, 0) is 49.9 Å². The van der Waals surface area contributed by atoms with Crippen LogP contribution in [0.25, 0.3) is 0 Å². The minimum Gasteiger partial charge on any atom is -0.378 e. The third kappa shape index (κ3) is 5.48. The molecule has 1 fully saturated rings. The summed E-state index contributed by atoms with van der Waals surface area (Å²) in [7, 11) is 0. The Balaban J connectivity index is 1.59. The van der Waals surface area contributed by atoms with Crippen molar-refractivity contribution in [3.05, 3.63) is 46.8 Å². The molecule has 1 N–H and O–H groups in total. The summed E-state index contributed by atoms with van der Waals surface area (Å²) in [5.74, 6) is 0.422. The number of benzene rings is 1. The Bertz CT molecular complexity index is 898. The van der Waals surface area contributed by atoms with E-state index < -0.39 is 0 Å². The molecule has 1 aliphatic heterocycles. The number of aromatic nitrogens is 2. The predicted molar refractivity (Wildman–Crippen MR) is 117 cm³/mol. The highest BCUT2D eigenvalue weighted by Crippen LogP contribution is 2.18. The van der Waals surface area contributed by atoms with Crippen LogP contribution in [0.2, 0.25) is 0 Å². The number of morpholine rings is 1. The average Bonchev–Trinajstić information content (AvgIpc) is 2.98. The molecule has 0 radical (unpaired) electrons. The van der Waals surface area contributed by atoms with E-state index >= 15 is 0 Å². The van der Waals surface area contributed by atoms with Gasteiger partial charge in [0.2, 0.25) is 5.91 Å². The molecule has 3 rings (SSSR count). The minimum absolute atomic E-state index is 0.0294. The zero-order chi connectivity index (χ0) is 21.7. The molecule has 7 nitrogen and oxygen atoms in total. The molecule has 0 bridgehead atoms. The molecule has 162 valence electrons. The maximum absolute atomic E-state index is 12.7. The molecule has 2 amide bonds. The topological polar surface area (TPSA) is 76.5 Å². The van der Waals surface area contributed by atoms with Gasteiger partial charge in [0.15, 0.2) is 0 Å². The van der Waals surface area contributed by atoms with E-state index in [9.17, 15) is 9.59 Å². The van der Waals surface area contributed by atoms with Crippen molar-refractivity contribution in [3.8, 4) is 0 Å². The van der Waals surface area contributed by atoms with Crippen LogP contribution in [0.5, 0.6) is 0 Å². The maximum atomic E-state index is 12.7. The molecule has 1 aliphatic rings. The fourth-order valence-electron chi connectivity index (χ4n) is 3.76. The molecule has 1 saturated heterocycles. The van der Waals surface area contributed by atoms with Gasteiger partial charge < -0.3 is 15.0 Å². The molecule has 1 aromatic heterocycles. The minimum atomic E-state index is -0.0682. The van der Waals surface area contributed by atoms with Crippen molar-refractivity contribution in [3.63, 3.8) is 0 Å². The first-order valence-electron chi connectivity index (χ1n) is 10.6.